The Morgan fingerprint density at radius 1 is 1.29 bits per heavy atom. The van der Waals surface area contributed by atoms with Gasteiger partial charge in [-0.2, -0.15) is 0 Å². The molecule has 0 heterocycles. The van der Waals surface area contributed by atoms with E-state index in [2.05, 4.69) is 5.32 Å². The predicted octanol–water partition coefficient (Wildman–Crippen LogP) is 3.97. The zero-order valence-electron chi connectivity index (χ0n) is 10.5. The first-order valence-electron chi connectivity index (χ1n) is 5.74. The Bertz CT molecular complexity index is 739. The Morgan fingerprint density at radius 2 is 2.00 bits per heavy atom. The highest BCUT2D eigenvalue weighted by atomic mass is 127. The summed E-state index contributed by atoms with van der Waals surface area (Å²) >= 11 is 12.8. The maximum atomic E-state index is 13.0. The second-order valence-corrected chi connectivity index (χ2v) is 6.15. The van der Waals surface area contributed by atoms with Crippen LogP contribution in [-0.2, 0) is 0 Å². The van der Waals surface area contributed by atoms with Crippen molar-refractivity contribution in [3.05, 3.63) is 61.9 Å². The molecule has 0 spiro atoms. The van der Waals surface area contributed by atoms with E-state index in [0.717, 1.165) is 0 Å². The maximum Gasteiger partial charge on any atom is 0.256 e. The number of rotatable bonds is 3. The Balaban J connectivity index is 2.25. The van der Waals surface area contributed by atoms with Crippen LogP contribution < -0.4 is 11.1 Å². The van der Waals surface area contributed by atoms with Crippen molar-refractivity contribution < 1.29 is 9.18 Å². The third kappa shape index (κ3) is 3.90. The van der Waals surface area contributed by atoms with E-state index in [4.69, 9.17) is 29.6 Å². The van der Waals surface area contributed by atoms with Crippen LogP contribution in [0.25, 0.3) is 0 Å². The van der Waals surface area contributed by atoms with Gasteiger partial charge in [0, 0.05) is 9.13 Å². The SMILES string of the molecule is NC(=S)c1ccc(NC(=O)c2ccc(F)cc2I)c(Cl)c1. The third-order valence-corrected chi connectivity index (χ3v) is 4.12. The molecule has 108 valence electrons. The molecule has 0 bridgehead atoms. The molecule has 0 aromatic heterocycles. The zero-order valence-corrected chi connectivity index (χ0v) is 14.2. The molecule has 0 saturated carbocycles. The Hall–Kier alpha value is -1.25. The van der Waals surface area contributed by atoms with Gasteiger partial charge in [0.1, 0.15) is 10.8 Å². The second-order valence-electron chi connectivity index (χ2n) is 4.14. The van der Waals surface area contributed by atoms with Crippen LogP contribution >= 0.6 is 46.4 Å². The van der Waals surface area contributed by atoms with Crippen LogP contribution in [0.15, 0.2) is 36.4 Å². The van der Waals surface area contributed by atoms with Crippen LogP contribution in [0.2, 0.25) is 5.02 Å². The molecule has 0 saturated heterocycles. The molecule has 0 radical (unpaired) electrons. The van der Waals surface area contributed by atoms with Gasteiger partial charge in [0.15, 0.2) is 0 Å². The number of hydrogen-bond acceptors (Lipinski definition) is 2. The lowest BCUT2D eigenvalue weighted by atomic mass is 10.1. The lowest BCUT2D eigenvalue weighted by Crippen LogP contribution is -2.14. The summed E-state index contributed by atoms with van der Waals surface area (Å²) in [4.78, 5) is 12.4. The number of nitrogens with one attached hydrogen (secondary N) is 1. The van der Waals surface area contributed by atoms with Crippen LogP contribution in [0.4, 0.5) is 10.1 Å². The van der Waals surface area contributed by atoms with Gasteiger partial charge >= 0.3 is 0 Å². The number of anilines is 1. The highest BCUT2D eigenvalue weighted by molar-refractivity contribution is 14.1. The van der Waals surface area contributed by atoms with E-state index in [9.17, 15) is 9.18 Å². The van der Waals surface area contributed by atoms with Crippen molar-refractivity contribution in [1.82, 2.24) is 0 Å². The third-order valence-electron chi connectivity index (χ3n) is 2.68. The number of benzene rings is 2. The zero-order chi connectivity index (χ0) is 15.6. The van der Waals surface area contributed by atoms with Crippen molar-refractivity contribution in [2.45, 2.75) is 0 Å². The van der Waals surface area contributed by atoms with Gasteiger partial charge in [-0.05, 0) is 59.0 Å². The van der Waals surface area contributed by atoms with Crippen molar-refractivity contribution in [3.8, 4) is 0 Å². The van der Waals surface area contributed by atoms with Crippen LogP contribution in [0.1, 0.15) is 15.9 Å². The average molecular weight is 435 g/mol. The van der Waals surface area contributed by atoms with Gasteiger partial charge in [0.25, 0.3) is 5.91 Å². The number of amides is 1. The minimum absolute atomic E-state index is 0.225. The molecule has 21 heavy (non-hydrogen) atoms. The monoisotopic (exact) mass is 434 g/mol. The molecule has 3 nitrogen and oxygen atoms in total. The van der Waals surface area contributed by atoms with Crippen molar-refractivity contribution in [1.29, 1.82) is 0 Å². The molecule has 2 aromatic carbocycles. The van der Waals surface area contributed by atoms with E-state index in [1.165, 1.54) is 18.2 Å². The molecular formula is C14H9ClFIN2OS. The van der Waals surface area contributed by atoms with Crippen molar-refractivity contribution in [3.63, 3.8) is 0 Å². The van der Waals surface area contributed by atoms with Crippen LogP contribution in [-0.4, -0.2) is 10.9 Å². The normalized spacial score (nSPS) is 10.2. The first-order chi connectivity index (χ1) is 9.88. The highest BCUT2D eigenvalue weighted by Gasteiger charge is 2.13. The largest absolute Gasteiger partial charge is 0.389 e. The first kappa shape index (κ1) is 16.1. The van der Waals surface area contributed by atoms with Gasteiger partial charge in [-0.15, -0.1) is 0 Å². The Morgan fingerprint density at radius 3 is 2.57 bits per heavy atom. The van der Waals surface area contributed by atoms with Gasteiger partial charge in [-0.3, -0.25) is 4.79 Å². The number of halogens is 3. The van der Waals surface area contributed by atoms with E-state index >= 15 is 0 Å². The number of carbonyl (C=O) groups excluding carboxylic acids is 1. The molecule has 2 rings (SSSR count). The molecule has 0 aliphatic carbocycles. The topological polar surface area (TPSA) is 55.1 Å². The Kier molecular flexibility index (Phi) is 5.13. The van der Waals surface area contributed by atoms with Gasteiger partial charge in [-0.1, -0.05) is 23.8 Å². The lowest BCUT2D eigenvalue weighted by molar-refractivity contribution is 0.102. The fourth-order valence-electron chi connectivity index (χ4n) is 1.63. The average Bonchev–Trinajstić information content (AvgIpc) is 2.40. The van der Waals surface area contributed by atoms with E-state index in [1.54, 1.807) is 18.2 Å². The minimum Gasteiger partial charge on any atom is -0.389 e. The van der Waals surface area contributed by atoms with Crippen LogP contribution in [0.3, 0.4) is 0 Å². The summed E-state index contributed by atoms with van der Waals surface area (Å²) < 4.78 is 13.6. The molecule has 1 amide bonds. The van der Waals surface area contributed by atoms with Gasteiger partial charge in [0.2, 0.25) is 0 Å². The first-order valence-corrected chi connectivity index (χ1v) is 7.60. The molecule has 0 aliphatic rings. The van der Waals surface area contributed by atoms with E-state index in [1.807, 2.05) is 22.6 Å². The molecule has 3 N–H and O–H groups in total. The quantitative estimate of drug-likeness (QED) is 0.568. The van der Waals surface area contributed by atoms with Crippen LogP contribution in [0, 0.1) is 9.39 Å². The summed E-state index contributed by atoms with van der Waals surface area (Å²) in [5, 5.41) is 3.00. The minimum atomic E-state index is -0.394. The molecule has 0 atom stereocenters. The van der Waals surface area contributed by atoms with Crippen molar-refractivity contribution in [2.24, 2.45) is 5.73 Å². The van der Waals surface area contributed by atoms with Gasteiger partial charge < -0.3 is 11.1 Å². The second kappa shape index (κ2) is 6.67. The molecule has 0 fully saturated rings. The summed E-state index contributed by atoms with van der Waals surface area (Å²) in [6, 6.07) is 8.80. The fraction of sp³-hybridized carbons (Fsp3) is 0. The van der Waals surface area contributed by atoms with Gasteiger partial charge in [0.05, 0.1) is 16.3 Å². The fourth-order valence-corrected chi connectivity index (χ4v) is 2.71. The summed E-state index contributed by atoms with van der Waals surface area (Å²) in [6.45, 7) is 0. The van der Waals surface area contributed by atoms with E-state index in [0.29, 0.717) is 25.4 Å². The lowest BCUT2D eigenvalue weighted by Gasteiger charge is -2.10. The Labute approximate surface area is 144 Å². The number of thiocarbonyl (C=S) groups is 1. The van der Waals surface area contributed by atoms with Crippen molar-refractivity contribution >= 4 is 63.0 Å². The molecule has 7 heteroatoms. The molecule has 0 aliphatic heterocycles. The summed E-state index contributed by atoms with van der Waals surface area (Å²) in [7, 11) is 0. The van der Waals surface area contributed by atoms with Crippen LogP contribution in [0.5, 0.6) is 0 Å². The van der Waals surface area contributed by atoms with Gasteiger partial charge in [-0.25, -0.2) is 4.39 Å². The van der Waals surface area contributed by atoms with E-state index in [-0.39, 0.29) is 10.9 Å². The molecular weight excluding hydrogens is 426 g/mol. The number of hydrogen-bond donors (Lipinski definition) is 2. The highest BCUT2D eigenvalue weighted by Crippen LogP contribution is 2.24. The van der Waals surface area contributed by atoms with E-state index < -0.39 is 5.82 Å². The maximum absolute atomic E-state index is 13.0. The number of carbonyl (C=O) groups is 1. The molecule has 2 aromatic rings. The smallest absolute Gasteiger partial charge is 0.256 e. The molecule has 0 unspecified atom stereocenters. The predicted molar refractivity (Wildman–Crippen MR) is 94.4 cm³/mol. The summed E-state index contributed by atoms with van der Waals surface area (Å²) in [5.74, 6) is -0.765. The number of nitrogens with two attached hydrogens (primary N) is 1. The van der Waals surface area contributed by atoms with Crippen molar-refractivity contribution in [2.75, 3.05) is 5.32 Å². The standard InChI is InChI=1S/C14H9ClFIN2OS/c15-10-5-7(13(18)21)1-4-12(10)19-14(20)9-3-2-8(16)6-11(9)17/h1-6H,(H2,18,21)(H,19,20). The summed E-state index contributed by atoms with van der Waals surface area (Å²) in [6.07, 6.45) is 0. The summed E-state index contributed by atoms with van der Waals surface area (Å²) in [5.41, 5.74) is 6.92.